The van der Waals surface area contributed by atoms with E-state index in [9.17, 15) is 10.1 Å². The maximum atomic E-state index is 11.1. The van der Waals surface area contributed by atoms with Crippen LogP contribution in [0.25, 0.3) is 11.6 Å². The number of nitro groups is 1. The van der Waals surface area contributed by atoms with Gasteiger partial charge >= 0.3 is 0 Å². The van der Waals surface area contributed by atoms with E-state index in [1.165, 1.54) is 6.07 Å². The number of non-ortho nitro benzene ring substituents is 1. The Bertz CT molecular complexity index is 959. The Kier molecular flexibility index (Phi) is 3.58. The minimum Gasteiger partial charge on any atom is -0.344 e. The molecule has 25 heavy (non-hydrogen) atoms. The van der Waals surface area contributed by atoms with Crippen molar-refractivity contribution in [2.75, 3.05) is 11.9 Å². The van der Waals surface area contributed by atoms with Gasteiger partial charge in [0.1, 0.15) is 0 Å². The van der Waals surface area contributed by atoms with Gasteiger partial charge in [0.15, 0.2) is 0 Å². The summed E-state index contributed by atoms with van der Waals surface area (Å²) in [4.78, 5) is 12.9. The van der Waals surface area contributed by atoms with Gasteiger partial charge in [-0.05, 0) is 29.3 Å². The summed E-state index contributed by atoms with van der Waals surface area (Å²) in [6, 6.07) is 23.2. The van der Waals surface area contributed by atoms with Gasteiger partial charge in [-0.2, -0.15) is 0 Å². The Balaban J connectivity index is 1.94. The van der Waals surface area contributed by atoms with E-state index in [4.69, 9.17) is 0 Å². The third-order valence-corrected chi connectivity index (χ3v) is 4.50. The first kappa shape index (κ1) is 15.1. The molecule has 0 radical (unpaired) electrons. The van der Waals surface area contributed by atoms with Crippen LogP contribution in [0.1, 0.15) is 16.7 Å². The number of nitro benzene ring substituents is 1. The average Bonchev–Trinajstić information content (AvgIpc) is 2.65. The van der Waals surface area contributed by atoms with Crippen LogP contribution in [-0.4, -0.2) is 12.0 Å². The molecule has 0 amide bonds. The lowest BCUT2D eigenvalue weighted by Crippen LogP contribution is -2.17. The van der Waals surface area contributed by atoms with E-state index in [0.29, 0.717) is 0 Å². The molecule has 0 aromatic heterocycles. The standard InChI is InChI=1S/C21H16N2O2/c1-22-20-11-4-2-9-17(20)19(18-10-3-5-12-21(18)22)14-15-7-6-8-16(13-15)23(24)25/h2-14H,1H3. The number of benzene rings is 3. The second-order valence-corrected chi connectivity index (χ2v) is 6.00. The van der Waals surface area contributed by atoms with Crippen molar-refractivity contribution in [1.29, 1.82) is 0 Å². The van der Waals surface area contributed by atoms with Gasteiger partial charge in [0.05, 0.1) is 4.92 Å². The molecule has 0 atom stereocenters. The average molecular weight is 328 g/mol. The Hall–Kier alpha value is -3.40. The minimum atomic E-state index is -0.363. The molecule has 4 nitrogen and oxygen atoms in total. The van der Waals surface area contributed by atoms with Crippen molar-refractivity contribution in [2.24, 2.45) is 0 Å². The maximum absolute atomic E-state index is 11.1. The molecule has 122 valence electrons. The maximum Gasteiger partial charge on any atom is 0.270 e. The predicted octanol–water partition coefficient (Wildman–Crippen LogP) is 5.27. The summed E-state index contributed by atoms with van der Waals surface area (Å²) in [6.07, 6.45) is 2.03. The minimum absolute atomic E-state index is 0.101. The highest BCUT2D eigenvalue weighted by Crippen LogP contribution is 2.44. The number of hydrogen-bond acceptors (Lipinski definition) is 3. The summed E-state index contributed by atoms with van der Waals surface area (Å²) in [6.45, 7) is 0. The molecule has 1 aliphatic heterocycles. The smallest absolute Gasteiger partial charge is 0.270 e. The first-order valence-electron chi connectivity index (χ1n) is 8.04. The van der Waals surface area contributed by atoms with Crippen molar-refractivity contribution in [3.63, 3.8) is 0 Å². The van der Waals surface area contributed by atoms with E-state index in [2.05, 4.69) is 36.2 Å². The van der Waals surface area contributed by atoms with Gasteiger partial charge in [-0.15, -0.1) is 0 Å². The molecule has 0 saturated carbocycles. The van der Waals surface area contributed by atoms with Gasteiger partial charge in [-0.1, -0.05) is 48.5 Å². The second-order valence-electron chi connectivity index (χ2n) is 6.00. The van der Waals surface area contributed by atoms with Crippen molar-refractivity contribution < 1.29 is 4.92 Å². The molecule has 0 fully saturated rings. The van der Waals surface area contributed by atoms with Crippen molar-refractivity contribution in [3.8, 4) is 0 Å². The highest BCUT2D eigenvalue weighted by atomic mass is 16.6. The monoisotopic (exact) mass is 328 g/mol. The van der Waals surface area contributed by atoms with Crippen molar-refractivity contribution in [2.45, 2.75) is 0 Å². The van der Waals surface area contributed by atoms with Crippen LogP contribution in [0.3, 0.4) is 0 Å². The lowest BCUT2D eigenvalue weighted by Gasteiger charge is -2.31. The van der Waals surface area contributed by atoms with E-state index < -0.39 is 0 Å². The molecule has 0 unspecified atom stereocenters. The van der Waals surface area contributed by atoms with Crippen LogP contribution in [0.5, 0.6) is 0 Å². The molecule has 0 N–H and O–H groups in total. The van der Waals surface area contributed by atoms with E-state index in [1.807, 2.05) is 36.4 Å². The van der Waals surface area contributed by atoms with Gasteiger partial charge in [-0.25, -0.2) is 0 Å². The quantitative estimate of drug-likeness (QED) is 0.476. The summed E-state index contributed by atoms with van der Waals surface area (Å²) < 4.78 is 0. The van der Waals surface area contributed by atoms with E-state index >= 15 is 0 Å². The summed E-state index contributed by atoms with van der Waals surface area (Å²) in [5, 5.41) is 11.1. The van der Waals surface area contributed by atoms with E-state index in [-0.39, 0.29) is 10.6 Å². The first-order chi connectivity index (χ1) is 12.1. The second kappa shape index (κ2) is 5.91. The lowest BCUT2D eigenvalue weighted by atomic mass is 9.89. The van der Waals surface area contributed by atoms with Crippen LogP contribution in [0.2, 0.25) is 0 Å². The molecule has 3 aromatic rings. The van der Waals surface area contributed by atoms with Gasteiger partial charge in [0.25, 0.3) is 5.69 Å². The van der Waals surface area contributed by atoms with Crippen LogP contribution in [0.4, 0.5) is 17.1 Å². The molecule has 1 aliphatic rings. The van der Waals surface area contributed by atoms with Crippen molar-refractivity contribution in [3.05, 3.63) is 99.6 Å². The molecule has 0 spiro atoms. The number of rotatable bonds is 2. The Morgan fingerprint density at radius 1 is 0.880 bits per heavy atom. The lowest BCUT2D eigenvalue weighted by molar-refractivity contribution is -0.384. The van der Waals surface area contributed by atoms with E-state index in [1.54, 1.807) is 12.1 Å². The van der Waals surface area contributed by atoms with Crippen LogP contribution >= 0.6 is 0 Å². The molecule has 0 saturated heterocycles. The Labute approximate surface area is 145 Å². The molecule has 1 heterocycles. The molecule has 4 rings (SSSR count). The molecule has 0 bridgehead atoms. The highest BCUT2D eigenvalue weighted by molar-refractivity contribution is 6.03. The number of fused-ring (bicyclic) bond motifs is 2. The predicted molar refractivity (Wildman–Crippen MR) is 101 cm³/mol. The third kappa shape index (κ3) is 2.58. The number of para-hydroxylation sites is 2. The molecule has 4 heteroatoms. The Morgan fingerprint density at radius 3 is 2.08 bits per heavy atom. The summed E-state index contributed by atoms with van der Waals surface area (Å²) in [7, 11) is 2.06. The highest BCUT2D eigenvalue weighted by Gasteiger charge is 2.23. The van der Waals surface area contributed by atoms with Crippen molar-refractivity contribution in [1.82, 2.24) is 0 Å². The summed E-state index contributed by atoms with van der Waals surface area (Å²) >= 11 is 0. The molecule has 3 aromatic carbocycles. The molecular formula is C21H16N2O2. The molecular weight excluding hydrogens is 312 g/mol. The van der Waals surface area contributed by atoms with Gasteiger partial charge in [0, 0.05) is 41.7 Å². The number of anilines is 2. The van der Waals surface area contributed by atoms with Gasteiger partial charge in [0.2, 0.25) is 0 Å². The summed E-state index contributed by atoms with van der Waals surface area (Å²) in [5.74, 6) is 0. The fourth-order valence-corrected chi connectivity index (χ4v) is 3.31. The van der Waals surface area contributed by atoms with Crippen LogP contribution in [-0.2, 0) is 0 Å². The van der Waals surface area contributed by atoms with Crippen molar-refractivity contribution >= 4 is 28.7 Å². The fraction of sp³-hybridized carbons (Fsp3) is 0.0476. The first-order valence-corrected chi connectivity index (χ1v) is 8.04. The number of hydrogen-bond donors (Lipinski definition) is 0. The fourth-order valence-electron chi connectivity index (χ4n) is 3.31. The van der Waals surface area contributed by atoms with Gasteiger partial charge < -0.3 is 4.90 Å². The normalized spacial score (nSPS) is 12.4. The molecule has 0 aliphatic carbocycles. The zero-order chi connectivity index (χ0) is 17.4. The SMILES string of the molecule is CN1c2ccccc2C(=Cc2cccc([N+](=O)[O-])c2)c2ccccc21. The van der Waals surface area contributed by atoms with Crippen LogP contribution in [0, 0.1) is 10.1 Å². The van der Waals surface area contributed by atoms with Crippen LogP contribution in [0.15, 0.2) is 72.8 Å². The zero-order valence-corrected chi connectivity index (χ0v) is 13.7. The zero-order valence-electron chi connectivity index (χ0n) is 13.7. The number of nitrogens with zero attached hydrogens (tertiary/aromatic N) is 2. The topological polar surface area (TPSA) is 46.4 Å². The largest absolute Gasteiger partial charge is 0.344 e. The van der Waals surface area contributed by atoms with Crippen LogP contribution < -0.4 is 4.90 Å². The van der Waals surface area contributed by atoms with E-state index in [0.717, 1.165) is 33.6 Å². The third-order valence-electron chi connectivity index (χ3n) is 4.50. The van der Waals surface area contributed by atoms with Gasteiger partial charge in [-0.3, -0.25) is 10.1 Å². The Morgan fingerprint density at radius 2 is 1.48 bits per heavy atom. The summed E-state index contributed by atoms with van der Waals surface area (Å²) in [5.41, 5.74) is 6.48.